The molecule has 0 heterocycles. The lowest BCUT2D eigenvalue weighted by Gasteiger charge is -2.02. The minimum Gasteiger partial charge on any atom is -0.466 e. The summed E-state index contributed by atoms with van der Waals surface area (Å²) < 4.78 is 37.7. The summed E-state index contributed by atoms with van der Waals surface area (Å²) in [6.45, 7) is 1.92. The molecule has 6 nitrogen and oxygen atoms in total. The summed E-state index contributed by atoms with van der Waals surface area (Å²) in [6.07, 6.45) is 0.992. The van der Waals surface area contributed by atoms with Gasteiger partial charge in [0.15, 0.2) is 0 Å². The topological polar surface area (TPSA) is 94.6 Å². The van der Waals surface area contributed by atoms with Gasteiger partial charge in [-0.1, -0.05) is 0 Å². The molecule has 1 atom stereocenters. The number of sulfone groups is 1. The first-order valence-corrected chi connectivity index (χ1v) is 8.99. The molecular formula is C10H18O6S2. The van der Waals surface area contributed by atoms with E-state index in [0.29, 0.717) is 0 Å². The third-order valence-electron chi connectivity index (χ3n) is 1.92. The molecule has 0 saturated heterocycles. The van der Waals surface area contributed by atoms with Crippen LogP contribution in [0.3, 0.4) is 0 Å². The number of hydrogen-bond donors (Lipinski definition) is 0. The summed E-state index contributed by atoms with van der Waals surface area (Å²) >= 11 is 0. The second-order valence-electron chi connectivity index (χ2n) is 3.76. The van der Waals surface area contributed by atoms with Crippen LogP contribution < -0.4 is 0 Å². The molecule has 1 unspecified atom stereocenters. The lowest BCUT2D eigenvalue weighted by atomic mass is 10.2. The standard InChI is InChI=1S/C10H18O6S2/c1-3-16-10(12)5-4-9(11)8-17(13)6-7-18(2,14)15/h3-8H2,1-2H3. The van der Waals surface area contributed by atoms with Crippen LogP contribution >= 0.6 is 0 Å². The minimum absolute atomic E-state index is 0.0244. The summed E-state index contributed by atoms with van der Waals surface area (Å²) in [6, 6.07) is 0. The molecule has 0 radical (unpaired) electrons. The van der Waals surface area contributed by atoms with Crippen LogP contribution in [-0.2, 0) is 35.0 Å². The Bertz CT molecular complexity index is 412. The van der Waals surface area contributed by atoms with E-state index in [1.165, 1.54) is 0 Å². The number of ether oxygens (including phenoxy) is 1. The third kappa shape index (κ3) is 10.4. The van der Waals surface area contributed by atoms with E-state index >= 15 is 0 Å². The van der Waals surface area contributed by atoms with Crippen molar-refractivity contribution in [2.45, 2.75) is 19.8 Å². The lowest BCUT2D eigenvalue weighted by molar-refractivity contribution is -0.144. The zero-order valence-electron chi connectivity index (χ0n) is 10.5. The Morgan fingerprint density at radius 2 is 1.83 bits per heavy atom. The van der Waals surface area contributed by atoms with Crippen LogP contribution in [0.4, 0.5) is 0 Å². The molecule has 0 N–H and O–H groups in total. The fraction of sp³-hybridized carbons (Fsp3) is 0.800. The molecule has 0 fully saturated rings. The number of ketones is 1. The third-order valence-corrected chi connectivity index (χ3v) is 4.42. The van der Waals surface area contributed by atoms with Gasteiger partial charge in [-0.3, -0.25) is 13.8 Å². The first-order chi connectivity index (χ1) is 8.24. The van der Waals surface area contributed by atoms with E-state index in [4.69, 9.17) is 0 Å². The second-order valence-corrected chi connectivity index (χ2v) is 7.60. The summed E-state index contributed by atoms with van der Waals surface area (Å²) in [5, 5.41) is 0. The molecule has 0 aromatic heterocycles. The normalized spacial score (nSPS) is 13.0. The van der Waals surface area contributed by atoms with Crippen LogP contribution in [0.2, 0.25) is 0 Å². The van der Waals surface area contributed by atoms with Crippen molar-refractivity contribution in [3.05, 3.63) is 0 Å². The highest BCUT2D eigenvalue weighted by molar-refractivity contribution is 7.92. The van der Waals surface area contributed by atoms with Crippen LogP contribution in [0.15, 0.2) is 0 Å². The predicted octanol–water partition coefficient (Wildman–Crippen LogP) is -0.308. The summed E-state index contributed by atoms with van der Waals surface area (Å²) in [4.78, 5) is 22.3. The largest absolute Gasteiger partial charge is 0.466 e. The van der Waals surface area contributed by atoms with Gasteiger partial charge in [-0.25, -0.2) is 8.42 Å². The molecule has 106 valence electrons. The highest BCUT2D eigenvalue weighted by Gasteiger charge is 2.13. The SMILES string of the molecule is CCOC(=O)CCC(=O)CS(=O)CCS(C)(=O)=O. The molecule has 0 bridgehead atoms. The van der Waals surface area contributed by atoms with Crippen molar-refractivity contribution in [3.63, 3.8) is 0 Å². The number of rotatable bonds is 9. The van der Waals surface area contributed by atoms with Crippen molar-refractivity contribution >= 4 is 32.4 Å². The fourth-order valence-corrected chi connectivity index (χ4v) is 3.65. The van der Waals surface area contributed by atoms with Crippen molar-refractivity contribution in [1.82, 2.24) is 0 Å². The molecule has 0 amide bonds. The molecule has 0 spiro atoms. The maximum atomic E-state index is 11.4. The van der Waals surface area contributed by atoms with Gasteiger partial charge >= 0.3 is 5.97 Å². The van der Waals surface area contributed by atoms with Gasteiger partial charge in [-0.15, -0.1) is 0 Å². The zero-order valence-corrected chi connectivity index (χ0v) is 12.1. The van der Waals surface area contributed by atoms with E-state index in [1.807, 2.05) is 0 Å². The average Bonchev–Trinajstić information content (AvgIpc) is 2.23. The van der Waals surface area contributed by atoms with Gasteiger partial charge in [0, 0.05) is 29.2 Å². The molecule has 0 aromatic rings. The van der Waals surface area contributed by atoms with Crippen LogP contribution in [0, 0.1) is 0 Å². The van der Waals surface area contributed by atoms with E-state index < -0.39 is 26.6 Å². The van der Waals surface area contributed by atoms with Gasteiger partial charge in [0.2, 0.25) is 0 Å². The number of carbonyl (C=O) groups excluding carboxylic acids is 2. The summed E-state index contributed by atoms with van der Waals surface area (Å²) in [5.41, 5.74) is 0. The fourth-order valence-electron chi connectivity index (χ4n) is 1.04. The minimum atomic E-state index is -3.17. The van der Waals surface area contributed by atoms with Crippen molar-refractivity contribution in [1.29, 1.82) is 0 Å². The molecule has 18 heavy (non-hydrogen) atoms. The Kier molecular flexibility index (Phi) is 8.01. The molecule has 0 aromatic carbocycles. The van der Waals surface area contributed by atoms with E-state index in [9.17, 15) is 22.2 Å². The molecule has 0 saturated carbocycles. The van der Waals surface area contributed by atoms with E-state index in [-0.39, 0.29) is 42.5 Å². The van der Waals surface area contributed by atoms with Gasteiger partial charge < -0.3 is 4.74 Å². The molecule has 0 aliphatic carbocycles. The van der Waals surface area contributed by atoms with Gasteiger partial charge in [0.05, 0.1) is 24.5 Å². The Balaban J connectivity index is 3.88. The monoisotopic (exact) mass is 298 g/mol. The number of hydrogen-bond acceptors (Lipinski definition) is 6. The first-order valence-electron chi connectivity index (χ1n) is 5.44. The smallest absolute Gasteiger partial charge is 0.306 e. The number of esters is 1. The maximum Gasteiger partial charge on any atom is 0.306 e. The highest BCUT2D eigenvalue weighted by Crippen LogP contribution is 1.97. The molecule has 0 aliphatic rings. The molecular weight excluding hydrogens is 280 g/mol. The van der Waals surface area contributed by atoms with Crippen LogP contribution in [0.25, 0.3) is 0 Å². The molecule has 8 heteroatoms. The molecule has 0 rings (SSSR count). The van der Waals surface area contributed by atoms with Crippen LogP contribution in [-0.4, -0.2) is 54.5 Å². The Morgan fingerprint density at radius 1 is 1.22 bits per heavy atom. The van der Waals surface area contributed by atoms with E-state index in [0.717, 1.165) is 6.26 Å². The van der Waals surface area contributed by atoms with Gasteiger partial charge in [-0.2, -0.15) is 0 Å². The van der Waals surface area contributed by atoms with E-state index in [2.05, 4.69) is 4.74 Å². The average molecular weight is 298 g/mol. The Morgan fingerprint density at radius 3 is 2.33 bits per heavy atom. The van der Waals surface area contributed by atoms with E-state index in [1.54, 1.807) is 6.92 Å². The van der Waals surface area contributed by atoms with Crippen LogP contribution in [0.5, 0.6) is 0 Å². The Labute approximate surface area is 109 Å². The predicted molar refractivity (Wildman–Crippen MR) is 68.5 cm³/mol. The quantitative estimate of drug-likeness (QED) is 0.542. The van der Waals surface area contributed by atoms with Crippen LogP contribution in [0.1, 0.15) is 19.8 Å². The second kappa shape index (κ2) is 8.36. The molecule has 0 aliphatic heterocycles. The zero-order chi connectivity index (χ0) is 14.2. The lowest BCUT2D eigenvalue weighted by Crippen LogP contribution is -2.19. The van der Waals surface area contributed by atoms with Gasteiger partial charge in [0.1, 0.15) is 15.6 Å². The van der Waals surface area contributed by atoms with Crippen molar-refractivity contribution in [3.8, 4) is 0 Å². The highest BCUT2D eigenvalue weighted by atomic mass is 32.2. The Hall–Kier alpha value is -0.760. The number of carbonyl (C=O) groups is 2. The number of Topliss-reactive ketones (excluding diaryl/α,β-unsaturated/α-hetero) is 1. The summed E-state index contributed by atoms with van der Waals surface area (Å²) in [7, 11) is -4.66. The van der Waals surface area contributed by atoms with Crippen molar-refractivity contribution in [2.24, 2.45) is 0 Å². The van der Waals surface area contributed by atoms with Crippen molar-refractivity contribution < 1.29 is 27.0 Å². The first kappa shape index (κ1) is 17.2. The van der Waals surface area contributed by atoms with Gasteiger partial charge in [0.25, 0.3) is 0 Å². The van der Waals surface area contributed by atoms with Crippen molar-refractivity contribution in [2.75, 3.05) is 30.1 Å². The maximum absolute atomic E-state index is 11.4. The van der Waals surface area contributed by atoms with Gasteiger partial charge in [-0.05, 0) is 6.92 Å². The summed E-state index contributed by atoms with van der Waals surface area (Å²) in [5.74, 6) is -1.26.